The van der Waals surface area contributed by atoms with E-state index in [1.807, 2.05) is 0 Å². The Bertz CT molecular complexity index is 132. The predicted octanol–water partition coefficient (Wildman–Crippen LogP) is 2.64. The first-order chi connectivity index (χ1) is 4.22. The van der Waals surface area contributed by atoms with Crippen molar-refractivity contribution in [3.63, 3.8) is 0 Å². The lowest BCUT2D eigenvalue weighted by molar-refractivity contribution is 0.417. The molecule has 0 aliphatic carbocycles. The van der Waals surface area contributed by atoms with Crippen LogP contribution < -0.4 is 0 Å². The van der Waals surface area contributed by atoms with Gasteiger partial charge in [-0.2, -0.15) is 0 Å². The number of halogens is 1. The second-order valence-corrected chi connectivity index (χ2v) is 1.72. The van der Waals surface area contributed by atoms with Crippen molar-refractivity contribution < 1.29 is 4.39 Å². The van der Waals surface area contributed by atoms with E-state index in [1.165, 1.54) is 13.0 Å². The van der Waals surface area contributed by atoms with E-state index in [9.17, 15) is 4.39 Å². The number of alkyl halides is 1. The van der Waals surface area contributed by atoms with Crippen LogP contribution in [0.5, 0.6) is 0 Å². The maximum atomic E-state index is 12.4. The van der Waals surface area contributed by atoms with Crippen LogP contribution in [-0.2, 0) is 0 Å². The molecule has 0 N–H and O–H groups in total. The minimum Gasteiger partial charge on any atom is -0.243 e. The van der Waals surface area contributed by atoms with Gasteiger partial charge in [-0.15, -0.1) is 0 Å². The molecule has 0 fully saturated rings. The van der Waals surface area contributed by atoms with Crippen LogP contribution >= 0.6 is 0 Å². The van der Waals surface area contributed by atoms with Crippen LogP contribution in [0.4, 0.5) is 4.39 Å². The van der Waals surface area contributed by atoms with Crippen LogP contribution in [0.2, 0.25) is 0 Å². The van der Waals surface area contributed by atoms with Crippen molar-refractivity contribution >= 4 is 0 Å². The highest BCUT2D eigenvalue weighted by atomic mass is 19.1. The molecule has 0 rings (SSSR count). The fourth-order valence-electron chi connectivity index (χ4n) is 0.499. The molecule has 0 aliphatic rings. The first-order valence-electron chi connectivity index (χ1n) is 2.81. The first kappa shape index (κ1) is 8.15. The van der Waals surface area contributed by atoms with E-state index < -0.39 is 6.17 Å². The van der Waals surface area contributed by atoms with E-state index in [-0.39, 0.29) is 0 Å². The molecule has 0 saturated carbocycles. The summed E-state index contributed by atoms with van der Waals surface area (Å²) in [4.78, 5) is 0. The Morgan fingerprint density at radius 3 is 2.22 bits per heavy atom. The first-order valence-corrected chi connectivity index (χ1v) is 2.81. The summed E-state index contributed by atoms with van der Waals surface area (Å²) in [5, 5.41) is 0. The van der Waals surface area contributed by atoms with Crippen molar-refractivity contribution in [2.75, 3.05) is 0 Å². The normalized spacial score (nSPS) is 14.7. The Morgan fingerprint density at radius 2 is 2.11 bits per heavy atom. The van der Waals surface area contributed by atoms with Crippen LogP contribution in [0.1, 0.15) is 6.92 Å². The molecule has 0 spiro atoms. The Balaban J connectivity index is 4.13. The van der Waals surface area contributed by atoms with Crippen molar-refractivity contribution in [3.8, 4) is 0 Å². The van der Waals surface area contributed by atoms with Gasteiger partial charge in [0, 0.05) is 0 Å². The fraction of sp³-hybridized carbons (Fsp3) is 0.250. The van der Waals surface area contributed by atoms with Gasteiger partial charge in [0.25, 0.3) is 0 Å². The summed E-state index contributed by atoms with van der Waals surface area (Å²) in [6.45, 7) is 8.35. The summed E-state index contributed by atoms with van der Waals surface area (Å²) in [6, 6.07) is 0. The molecular formula is C8H11F. The Morgan fingerprint density at radius 1 is 1.56 bits per heavy atom. The van der Waals surface area contributed by atoms with Gasteiger partial charge in [-0.3, -0.25) is 0 Å². The second kappa shape index (κ2) is 4.07. The molecule has 0 unspecified atom stereocenters. The smallest absolute Gasteiger partial charge is 0.122 e. The summed E-state index contributed by atoms with van der Waals surface area (Å²) in [5.74, 6) is 0. The highest BCUT2D eigenvalue weighted by Crippen LogP contribution is 2.06. The topological polar surface area (TPSA) is 0 Å². The van der Waals surface area contributed by atoms with Gasteiger partial charge in [-0.25, -0.2) is 4.39 Å². The molecule has 0 bridgehead atoms. The van der Waals surface area contributed by atoms with Crippen molar-refractivity contribution in [1.82, 2.24) is 0 Å². The van der Waals surface area contributed by atoms with E-state index in [4.69, 9.17) is 0 Å². The van der Waals surface area contributed by atoms with E-state index in [2.05, 4.69) is 13.2 Å². The Labute approximate surface area is 55.4 Å². The molecule has 0 aliphatic heterocycles. The highest BCUT2D eigenvalue weighted by molar-refractivity contribution is 5.24. The maximum absolute atomic E-state index is 12.4. The third kappa shape index (κ3) is 2.85. The lowest BCUT2D eigenvalue weighted by atomic mass is 10.2. The molecule has 0 radical (unpaired) electrons. The van der Waals surface area contributed by atoms with Crippen LogP contribution in [0.25, 0.3) is 0 Å². The molecule has 0 saturated heterocycles. The van der Waals surface area contributed by atoms with Gasteiger partial charge in [-0.05, 0) is 12.5 Å². The van der Waals surface area contributed by atoms with E-state index >= 15 is 0 Å². The highest BCUT2D eigenvalue weighted by Gasteiger charge is 1.98. The zero-order chi connectivity index (χ0) is 7.28. The van der Waals surface area contributed by atoms with Crippen LogP contribution in [0.3, 0.4) is 0 Å². The zero-order valence-electron chi connectivity index (χ0n) is 5.60. The monoisotopic (exact) mass is 126 g/mol. The number of hydrogen-bond acceptors (Lipinski definition) is 0. The lowest BCUT2D eigenvalue weighted by Crippen LogP contribution is -1.93. The molecule has 1 heteroatoms. The number of rotatable bonds is 3. The van der Waals surface area contributed by atoms with E-state index in [1.54, 1.807) is 12.2 Å². The molecule has 1 atom stereocenters. The maximum Gasteiger partial charge on any atom is 0.122 e. The fourth-order valence-corrected chi connectivity index (χ4v) is 0.499. The third-order valence-corrected chi connectivity index (χ3v) is 1.01. The average Bonchev–Trinajstić information content (AvgIpc) is 1.82. The van der Waals surface area contributed by atoms with Crippen molar-refractivity contribution in [2.45, 2.75) is 13.1 Å². The van der Waals surface area contributed by atoms with Gasteiger partial charge >= 0.3 is 0 Å². The van der Waals surface area contributed by atoms with Crippen LogP contribution in [0, 0.1) is 0 Å². The minimum absolute atomic E-state index is 0.574. The van der Waals surface area contributed by atoms with Gasteiger partial charge in [0.1, 0.15) is 6.17 Å². The quantitative estimate of drug-likeness (QED) is 0.510. The molecule has 0 aromatic heterocycles. The number of hydrogen-bond donors (Lipinski definition) is 0. The standard InChI is InChI=1S/C8H11F/c1-4-6-8(5-2)7(3)9/h4-7H,1-2H2,3H3/b8-6+/t7-/m1/s1. The molecule has 50 valence electrons. The zero-order valence-corrected chi connectivity index (χ0v) is 5.60. The molecule has 9 heavy (non-hydrogen) atoms. The third-order valence-electron chi connectivity index (χ3n) is 1.01. The molecular weight excluding hydrogens is 115 g/mol. The molecule has 0 amide bonds. The Kier molecular flexibility index (Phi) is 3.69. The number of allylic oxidation sites excluding steroid dienone is 4. The SMILES string of the molecule is C=C/C=C(\C=C)[C@@H](C)F. The van der Waals surface area contributed by atoms with Gasteiger partial charge in [0.15, 0.2) is 0 Å². The summed E-state index contributed by atoms with van der Waals surface area (Å²) in [7, 11) is 0. The minimum atomic E-state index is -0.944. The van der Waals surface area contributed by atoms with Gasteiger partial charge in [-0.1, -0.05) is 31.4 Å². The molecule has 0 heterocycles. The van der Waals surface area contributed by atoms with Crippen molar-refractivity contribution in [3.05, 3.63) is 37.0 Å². The van der Waals surface area contributed by atoms with Gasteiger partial charge in [0.2, 0.25) is 0 Å². The Hall–Kier alpha value is -0.850. The summed E-state index contributed by atoms with van der Waals surface area (Å²) in [6.07, 6.45) is 3.71. The molecule has 0 aromatic rings. The average molecular weight is 126 g/mol. The molecule has 0 aromatic carbocycles. The largest absolute Gasteiger partial charge is 0.243 e. The predicted molar refractivity (Wildman–Crippen MR) is 39.0 cm³/mol. The van der Waals surface area contributed by atoms with Crippen molar-refractivity contribution in [2.24, 2.45) is 0 Å². The van der Waals surface area contributed by atoms with Gasteiger partial charge in [0.05, 0.1) is 0 Å². The molecule has 0 nitrogen and oxygen atoms in total. The lowest BCUT2D eigenvalue weighted by Gasteiger charge is -1.98. The van der Waals surface area contributed by atoms with Gasteiger partial charge < -0.3 is 0 Å². The summed E-state index contributed by atoms with van der Waals surface area (Å²) < 4.78 is 12.4. The van der Waals surface area contributed by atoms with E-state index in [0.717, 1.165) is 0 Å². The van der Waals surface area contributed by atoms with E-state index in [0.29, 0.717) is 5.57 Å². The van der Waals surface area contributed by atoms with Crippen LogP contribution in [-0.4, -0.2) is 6.17 Å². The summed E-state index contributed by atoms with van der Waals surface area (Å²) in [5.41, 5.74) is 0.574. The summed E-state index contributed by atoms with van der Waals surface area (Å²) >= 11 is 0. The van der Waals surface area contributed by atoms with Crippen LogP contribution in [0.15, 0.2) is 37.0 Å². The van der Waals surface area contributed by atoms with Crippen molar-refractivity contribution in [1.29, 1.82) is 0 Å². The second-order valence-electron chi connectivity index (χ2n) is 1.72.